The monoisotopic (exact) mass is 1270 g/mol. The second-order valence-electron chi connectivity index (χ2n) is 22.9. The molecule has 2 saturated heterocycles. The maximum absolute atomic E-state index is 9.30. The molecular weight excluding hydrogens is 1190 g/mol. The van der Waals surface area contributed by atoms with Crippen LogP contribution in [0.25, 0.3) is 62.4 Å². The standard InChI is InChI=1S/C23H33N5O2S.C19H23BrN4OS.C14H17N5OS.C4H11NO/c1-23(2,3)26-20-15-18(27(4)11-7-12-29)22-16(25-20)14-19(31-22)17-9-10-24-28(17)21-8-5-6-13-30-21;1-19(2,3)23-16-10-12(20)18-13(22-16)11-15(26-18)14-7-8-21-24(14)17-6-4-5-9-25-17;1-19(5-2-6-20)11-8-13(15)17-10-7-12(21-14(10)11)9-3-4-16-18-9;1-5-3-2-4-6/h9-10,14-15,21,29H,5-8,11-13H2,1-4H3,(H,25,26);7-8,10-11,17H,4-6,9H2,1-3H3,(H,22,23);3-4,7-8,20H,2,5-6H2,1H3,(H2,15,17)(H,16,18);5-6H,2-4H2,1H3. The normalized spacial score (nSPS) is 15.5. The number of fused-ring (bicyclic) bond motifs is 3. The lowest BCUT2D eigenvalue weighted by Crippen LogP contribution is -2.27. The van der Waals surface area contributed by atoms with Crippen LogP contribution in [0.1, 0.15) is 112 Å². The Morgan fingerprint density at radius 2 is 1.13 bits per heavy atom. The molecule has 11 heterocycles. The summed E-state index contributed by atoms with van der Waals surface area (Å²) in [7, 11) is 5.94. The quantitative estimate of drug-likeness (QED) is 0.0372. The molecule has 9 N–H and O–H groups in total. The minimum atomic E-state index is -0.0859. The van der Waals surface area contributed by atoms with Gasteiger partial charge in [-0.3, -0.25) is 5.10 Å². The summed E-state index contributed by atoms with van der Waals surface area (Å²) in [4.78, 5) is 21.8. The van der Waals surface area contributed by atoms with E-state index in [4.69, 9.17) is 35.4 Å². The van der Waals surface area contributed by atoms with Gasteiger partial charge in [-0.1, -0.05) is 0 Å². The molecule has 84 heavy (non-hydrogen) atoms. The predicted octanol–water partition coefficient (Wildman–Crippen LogP) is 12.4. The Balaban J connectivity index is 0.000000159. The van der Waals surface area contributed by atoms with E-state index >= 15 is 0 Å². The summed E-state index contributed by atoms with van der Waals surface area (Å²) in [6.45, 7) is 17.5. The number of aromatic nitrogens is 9. The lowest BCUT2D eigenvalue weighted by atomic mass is 10.1. The smallest absolute Gasteiger partial charge is 0.150 e. The highest BCUT2D eigenvalue weighted by molar-refractivity contribution is 9.10. The van der Waals surface area contributed by atoms with Gasteiger partial charge in [0.15, 0.2) is 12.5 Å². The first-order chi connectivity index (χ1) is 40.4. The minimum Gasteiger partial charge on any atom is -0.396 e. The molecule has 2 aliphatic heterocycles. The van der Waals surface area contributed by atoms with Crippen molar-refractivity contribution in [1.29, 1.82) is 0 Å². The molecule has 0 bridgehead atoms. The van der Waals surface area contributed by atoms with Crippen molar-refractivity contribution >= 4 is 109 Å². The fraction of sp³-hybridized carbons (Fsp3) is 0.500. The third-order valence-corrected chi connectivity index (χ3v) is 18.0. The zero-order chi connectivity index (χ0) is 60.0. The highest BCUT2D eigenvalue weighted by Gasteiger charge is 2.25. The molecule has 0 spiro atoms. The van der Waals surface area contributed by atoms with Crippen LogP contribution < -0.4 is 31.5 Å². The van der Waals surface area contributed by atoms with Crippen LogP contribution in [0.15, 0.2) is 77.7 Å². The van der Waals surface area contributed by atoms with E-state index in [1.54, 1.807) is 40.2 Å². The third kappa shape index (κ3) is 17.2. The van der Waals surface area contributed by atoms with Crippen molar-refractivity contribution in [2.75, 3.05) is 100.0 Å². The summed E-state index contributed by atoms with van der Waals surface area (Å²) in [5.41, 5.74) is 14.0. The molecule has 2 atom stereocenters. The molecule has 2 unspecified atom stereocenters. The molecule has 0 radical (unpaired) electrons. The number of aliphatic hydroxyl groups excluding tert-OH is 3. The fourth-order valence-electron chi connectivity index (χ4n) is 9.68. The summed E-state index contributed by atoms with van der Waals surface area (Å²) < 4.78 is 20.4. The van der Waals surface area contributed by atoms with Crippen LogP contribution in [0.2, 0.25) is 0 Å². The van der Waals surface area contributed by atoms with Crippen LogP contribution in [0.5, 0.6) is 0 Å². The van der Waals surface area contributed by atoms with Gasteiger partial charge in [-0.15, -0.1) is 34.0 Å². The number of ether oxygens (including phenoxy) is 2. The largest absolute Gasteiger partial charge is 0.396 e. The molecular formula is C60H84BrN15O5S3. The predicted molar refractivity (Wildman–Crippen MR) is 351 cm³/mol. The summed E-state index contributed by atoms with van der Waals surface area (Å²) in [5.74, 6) is 2.24. The molecule has 20 nitrogen and oxygen atoms in total. The van der Waals surface area contributed by atoms with Crippen LogP contribution in [-0.2, 0) is 9.47 Å². The number of thiophene rings is 3. The molecule has 9 aromatic rings. The first-order valence-electron chi connectivity index (χ1n) is 28.9. The van der Waals surface area contributed by atoms with Crippen LogP contribution in [0.4, 0.5) is 28.8 Å². The number of rotatable bonds is 18. The maximum Gasteiger partial charge on any atom is 0.150 e. The number of pyridine rings is 3. The Hall–Kier alpha value is -5.80. The molecule has 9 aromatic heterocycles. The highest BCUT2D eigenvalue weighted by atomic mass is 79.9. The number of nitrogen functional groups attached to an aromatic ring is 1. The average Bonchev–Trinajstić information content (AvgIpc) is 2.28. The van der Waals surface area contributed by atoms with Gasteiger partial charge in [-0.25, -0.2) is 24.3 Å². The van der Waals surface area contributed by atoms with E-state index in [0.717, 1.165) is 168 Å². The molecule has 0 aliphatic carbocycles. The third-order valence-electron chi connectivity index (χ3n) is 13.6. The highest BCUT2D eigenvalue weighted by Crippen LogP contribution is 2.43. The molecule has 11 rings (SSSR count). The lowest BCUT2D eigenvalue weighted by molar-refractivity contribution is -0.0384. The molecule has 2 fully saturated rings. The summed E-state index contributed by atoms with van der Waals surface area (Å²) in [6, 6.07) is 18.4. The summed E-state index contributed by atoms with van der Waals surface area (Å²) in [6.07, 6.45) is 14.4. The number of anilines is 5. The first-order valence-corrected chi connectivity index (χ1v) is 32.1. The van der Waals surface area contributed by atoms with Gasteiger partial charge >= 0.3 is 0 Å². The van der Waals surface area contributed by atoms with Gasteiger partial charge in [0.2, 0.25) is 0 Å². The number of nitrogens with zero attached hydrogens (tertiary/aromatic N) is 10. The Bertz CT molecular complexity index is 3460. The molecule has 0 amide bonds. The first kappa shape index (κ1) is 64.2. The molecule has 0 aromatic carbocycles. The van der Waals surface area contributed by atoms with Crippen LogP contribution in [0.3, 0.4) is 0 Å². The van der Waals surface area contributed by atoms with E-state index in [-0.39, 0.29) is 36.7 Å². The van der Waals surface area contributed by atoms with E-state index in [1.807, 2.05) is 54.1 Å². The van der Waals surface area contributed by atoms with Gasteiger partial charge in [0, 0.05) is 106 Å². The Morgan fingerprint density at radius 1 is 0.643 bits per heavy atom. The van der Waals surface area contributed by atoms with Gasteiger partial charge in [0.25, 0.3) is 0 Å². The molecule has 24 heteroatoms. The topological polar surface area (TPSA) is 251 Å². The van der Waals surface area contributed by atoms with Crippen LogP contribution in [0, 0.1) is 0 Å². The molecule has 454 valence electrons. The van der Waals surface area contributed by atoms with E-state index < -0.39 is 0 Å². The van der Waals surface area contributed by atoms with Crippen molar-refractivity contribution < 1.29 is 24.8 Å². The SMILES string of the molecule is CC(C)(C)Nc1cc(Br)c2sc(-c3ccnn3C3CCCCO3)cc2n1.CN(CCCO)c1cc(N)nc2cc(-c3ccn[nH]3)sc12.CN(CCCO)c1cc(NC(C)(C)C)nc2cc(-c3ccnn3C3CCCCO3)sc12.CNCCCO. The second-order valence-corrected chi connectivity index (χ2v) is 26.9. The average molecular weight is 1270 g/mol. The van der Waals surface area contributed by atoms with Crippen molar-refractivity contribution in [3.05, 3.63) is 77.7 Å². The van der Waals surface area contributed by atoms with Gasteiger partial charge in [-0.05, 0) is 171 Å². The van der Waals surface area contributed by atoms with Gasteiger partial charge in [-0.2, -0.15) is 15.3 Å². The number of nitrogens with one attached hydrogen (secondary N) is 4. The van der Waals surface area contributed by atoms with Crippen molar-refractivity contribution in [2.45, 2.75) is 123 Å². The Kier molecular flexibility index (Phi) is 22.9. The number of aromatic amines is 1. The van der Waals surface area contributed by atoms with Crippen molar-refractivity contribution in [3.8, 4) is 31.7 Å². The lowest BCUT2D eigenvalue weighted by Gasteiger charge is -2.24. The molecule has 2 aliphatic rings. The summed E-state index contributed by atoms with van der Waals surface area (Å²) >= 11 is 8.84. The van der Waals surface area contributed by atoms with Crippen LogP contribution >= 0.6 is 49.9 Å². The number of hydrogen-bond donors (Lipinski definition) is 8. The van der Waals surface area contributed by atoms with Gasteiger partial charge in [0.05, 0.1) is 73.7 Å². The number of hydrogen-bond acceptors (Lipinski definition) is 20. The van der Waals surface area contributed by atoms with Gasteiger partial charge < -0.3 is 56.3 Å². The van der Waals surface area contributed by atoms with E-state index in [0.29, 0.717) is 12.4 Å². The van der Waals surface area contributed by atoms with Crippen molar-refractivity contribution in [2.24, 2.45) is 0 Å². The summed E-state index contributed by atoms with van der Waals surface area (Å²) in [5, 5.41) is 52.4. The second kappa shape index (κ2) is 30.0. The van der Waals surface area contributed by atoms with E-state index in [2.05, 4.69) is 152 Å². The number of halogens is 1. The zero-order valence-corrected chi connectivity index (χ0v) is 53.9. The van der Waals surface area contributed by atoms with Gasteiger partial charge in [0.1, 0.15) is 17.5 Å². The maximum atomic E-state index is 9.30. The van der Waals surface area contributed by atoms with E-state index in [1.165, 1.54) is 12.8 Å². The number of H-pyrrole nitrogens is 1. The Morgan fingerprint density at radius 3 is 1.61 bits per heavy atom. The number of nitrogens with two attached hydrogens (primary N) is 1. The number of aliphatic hydroxyl groups is 3. The van der Waals surface area contributed by atoms with Crippen molar-refractivity contribution in [1.82, 2.24) is 50.0 Å². The zero-order valence-electron chi connectivity index (χ0n) is 49.9. The van der Waals surface area contributed by atoms with Crippen molar-refractivity contribution in [3.63, 3.8) is 0 Å². The fourth-order valence-corrected chi connectivity index (χ4v) is 13.7. The minimum absolute atomic E-state index is 0.00161. The Labute approximate surface area is 513 Å². The van der Waals surface area contributed by atoms with Crippen LogP contribution in [-0.4, -0.2) is 145 Å². The molecule has 0 saturated carbocycles. The van der Waals surface area contributed by atoms with E-state index in [9.17, 15) is 5.11 Å².